The van der Waals surface area contributed by atoms with Gasteiger partial charge in [0.1, 0.15) is 0 Å². The molecule has 2 aromatic rings. The molecular weight excluding hydrogens is 216 g/mol. The highest BCUT2D eigenvalue weighted by Crippen LogP contribution is 2.08. The number of nitrogens with one attached hydrogen (secondary N) is 2. The van der Waals surface area contributed by atoms with Gasteiger partial charge in [0, 0.05) is 17.3 Å². The summed E-state index contributed by atoms with van der Waals surface area (Å²) in [7, 11) is 0. The van der Waals surface area contributed by atoms with Crippen LogP contribution in [-0.4, -0.2) is 16.1 Å². The number of aromatic amines is 1. The summed E-state index contributed by atoms with van der Waals surface area (Å²) in [5.41, 5.74) is 1.89. The number of H-pyrrole nitrogens is 1. The highest BCUT2D eigenvalue weighted by atomic mass is 16.1. The predicted molar refractivity (Wildman–Crippen MR) is 62.4 cm³/mol. The molecule has 2 N–H and O–H groups in total. The van der Waals surface area contributed by atoms with Gasteiger partial charge in [0.15, 0.2) is 5.82 Å². The number of anilines is 1. The van der Waals surface area contributed by atoms with Gasteiger partial charge in [0.25, 0.3) is 5.91 Å². The van der Waals surface area contributed by atoms with Crippen LogP contribution in [-0.2, 0) is 0 Å². The lowest BCUT2D eigenvalue weighted by atomic mass is 10.1. The van der Waals surface area contributed by atoms with Gasteiger partial charge in [-0.15, -0.1) is 0 Å². The van der Waals surface area contributed by atoms with Crippen LogP contribution in [0.4, 0.5) is 5.82 Å². The number of hydrogen-bond acceptors (Lipinski definition) is 3. The average molecular weight is 226 g/mol. The maximum Gasteiger partial charge on any atom is 0.256 e. The summed E-state index contributed by atoms with van der Waals surface area (Å²) in [6.45, 7) is 1.85. The zero-order valence-electron chi connectivity index (χ0n) is 9.19. The largest absolute Gasteiger partial charge is 0.305 e. The zero-order chi connectivity index (χ0) is 12.3. The number of hydrogen-bond donors (Lipinski definition) is 2. The van der Waals surface area contributed by atoms with Crippen molar-refractivity contribution in [3.05, 3.63) is 47.2 Å². The van der Waals surface area contributed by atoms with Gasteiger partial charge in [-0.2, -0.15) is 10.4 Å². The third-order valence-corrected chi connectivity index (χ3v) is 2.22. The van der Waals surface area contributed by atoms with Crippen molar-refractivity contribution in [1.29, 1.82) is 5.26 Å². The molecule has 0 aliphatic carbocycles. The first-order valence-corrected chi connectivity index (χ1v) is 5.02. The van der Waals surface area contributed by atoms with Gasteiger partial charge in [-0.05, 0) is 31.2 Å². The Balaban J connectivity index is 2.12. The lowest BCUT2D eigenvalue weighted by Gasteiger charge is -2.01. The summed E-state index contributed by atoms with van der Waals surface area (Å²) in [5.74, 6) is 0.234. The maximum atomic E-state index is 11.8. The highest BCUT2D eigenvalue weighted by Gasteiger charge is 2.07. The van der Waals surface area contributed by atoms with Crippen LogP contribution in [0.3, 0.4) is 0 Å². The zero-order valence-corrected chi connectivity index (χ0v) is 9.19. The average Bonchev–Trinajstić information content (AvgIpc) is 2.75. The predicted octanol–water partition coefficient (Wildman–Crippen LogP) is 1.84. The second-order valence-electron chi connectivity index (χ2n) is 3.58. The second kappa shape index (κ2) is 4.49. The minimum Gasteiger partial charge on any atom is -0.305 e. The number of benzene rings is 1. The smallest absolute Gasteiger partial charge is 0.256 e. The first-order chi connectivity index (χ1) is 8.19. The summed E-state index contributed by atoms with van der Waals surface area (Å²) >= 11 is 0. The molecule has 5 nitrogen and oxygen atoms in total. The van der Waals surface area contributed by atoms with Gasteiger partial charge in [-0.3, -0.25) is 9.89 Å². The van der Waals surface area contributed by atoms with Gasteiger partial charge >= 0.3 is 0 Å². The summed E-state index contributed by atoms with van der Waals surface area (Å²) in [5, 5.41) is 17.9. The van der Waals surface area contributed by atoms with Crippen LogP contribution in [0.1, 0.15) is 21.6 Å². The summed E-state index contributed by atoms with van der Waals surface area (Å²) in [4.78, 5) is 11.8. The van der Waals surface area contributed by atoms with E-state index in [0.717, 1.165) is 5.69 Å². The molecule has 2 rings (SSSR count). The van der Waals surface area contributed by atoms with Crippen molar-refractivity contribution in [3.8, 4) is 6.07 Å². The van der Waals surface area contributed by atoms with Gasteiger partial charge in [0.05, 0.1) is 11.6 Å². The SMILES string of the molecule is Cc1cc(NC(=O)c2ccc(C#N)cc2)n[nH]1. The Morgan fingerprint density at radius 2 is 2.12 bits per heavy atom. The van der Waals surface area contributed by atoms with Gasteiger partial charge in [-0.1, -0.05) is 0 Å². The molecule has 17 heavy (non-hydrogen) atoms. The first kappa shape index (κ1) is 10.9. The van der Waals surface area contributed by atoms with Crippen LogP contribution in [0, 0.1) is 18.3 Å². The quantitative estimate of drug-likeness (QED) is 0.819. The molecule has 0 spiro atoms. The molecule has 0 atom stereocenters. The summed E-state index contributed by atoms with van der Waals surface area (Å²) < 4.78 is 0. The van der Waals surface area contributed by atoms with Crippen LogP contribution in [0.15, 0.2) is 30.3 Å². The molecule has 0 aliphatic rings. The number of aromatic nitrogens is 2. The number of nitrogens with zero attached hydrogens (tertiary/aromatic N) is 2. The topological polar surface area (TPSA) is 81.6 Å². The third-order valence-electron chi connectivity index (χ3n) is 2.22. The number of carbonyl (C=O) groups excluding carboxylic acids is 1. The minimum atomic E-state index is -0.249. The Hall–Kier alpha value is -2.61. The van der Waals surface area contributed by atoms with E-state index in [9.17, 15) is 4.79 Å². The molecule has 0 saturated carbocycles. The van der Waals surface area contributed by atoms with E-state index in [1.165, 1.54) is 0 Å². The Morgan fingerprint density at radius 1 is 1.41 bits per heavy atom. The monoisotopic (exact) mass is 226 g/mol. The molecule has 0 saturated heterocycles. The van der Waals surface area contributed by atoms with E-state index in [4.69, 9.17) is 5.26 Å². The molecule has 0 aliphatic heterocycles. The van der Waals surface area contributed by atoms with Crippen LogP contribution >= 0.6 is 0 Å². The Bertz CT molecular complexity index is 577. The molecule has 0 bridgehead atoms. The first-order valence-electron chi connectivity index (χ1n) is 5.02. The van der Waals surface area contributed by atoms with Gasteiger partial charge < -0.3 is 5.32 Å². The standard InChI is InChI=1S/C12H10N4O/c1-8-6-11(16-15-8)14-12(17)10-4-2-9(7-13)3-5-10/h2-6H,1H3,(H2,14,15,16,17). The molecule has 1 aromatic carbocycles. The lowest BCUT2D eigenvalue weighted by molar-refractivity contribution is 0.102. The van der Waals surface area contributed by atoms with Crippen molar-refractivity contribution in [1.82, 2.24) is 10.2 Å². The third kappa shape index (κ3) is 2.49. The number of carbonyl (C=O) groups is 1. The van der Waals surface area contributed by atoms with E-state index >= 15 is 0 Å². The summed E-state index contributed by atoms with van der Waals surface area (Å²) in [6.07, 6.45) is 0. The maximum absolute atomic E-state index is 11.8. The van der Waals surface area contributed by atoms with Crippen molar-refractivity contribution in [2.45, 2.75) is 6.92 Å². The van der Waals surface area contributed by atoms with Crippen LogP contribution < -0.4 is 5.32 Å². The number of aryl methyl sites for hydroxylation is 1. The number of rotatable bonds is 2. The molecule has 1 heterocycles. The molecule has 84 valence electrons. The molecule has 1 amide bonds. The molecule has 0 radical (unpaired) electrons. The molecule has 1 aromatic heterocycles. The summed E-state index contributed by atoms with van der Waals surface area (Å²) in [6, 6.07) is 10.1. The fourth-order valence-electron chi connectivity index (χ4n) is 1.37. The van der Waals surface area contributed by atoms with Gasteiger partial charge in [0.2, 0.25) is 0 Å². The van der Waals surface area contributed by atoms with Crippen molar-refractivity contribution in [3.63, 3.8) is 0 Å². The Morgan fingerprint density at radius 3 is 2.65 bits per heavy atom. The molecular formula is C12H10N4O. The van der Waals surface area contributed by atoms with Crippen LogP contribution in [0.25, 0.3) is 0 Å². The van der Waals surface area contributed by atoms with Crippen LogP contribution in [0.2, 0.25) is 0 Å². The fraction of sp³-hybridized carbons (Fsp3) is 0.0833. The van der Waals surface area contributed by atoms with Crippen molar-refractivity contribution in [2.75, 3.05) is 5.32 Å². The van der Waals surface area contributed by atoms with Crippen LogP contribution in [0.5, 0.6) is 0 Å². The van der Waals surface area contributed by atoms with E-state index in [1.807, 2.05) is 13.0 Å². The molecule has 5 heteroatoms. The van der Waals surface area contributed by atoms with Crippen molar-refractivity contribution >= 4 is 11.7 Å². The molecule has 0 fully saturated rings. The Kier molecular flexibility index (Phi) is 2.88. The van der Waals surface area contributed by atoms with E-state index in [-0.39, 0.29) is 5.91 Å². The minimum absolute atomic E-state index is 0.249. The number of nitriles is 1. The number of amides is 1. The second-order valence-corrected chi connectivity index (χ2v) is 3.58. The lowest BCUT2D eigenvalue weighted by Crippen LogP contribution is -2.11. The fourth-order valence-corrected chi connectivity index (χ4v) is 1.37. The van der Waals surface area contributed by atoms with E-state index < -0.39 is 0 Å². The van der Waals surface area contributed by atoms with Gasteiger partial charge in [-0.25, -0.2) is 0 Å². The van der Waals surface area contributed by atoms with Crippen molar-refractivity contribution < 1.29 is 4.79 Å². The van der Waals surface area contributed by atoms with E-state index in [0.29, 0.717) is 16.9 Å². The molecule has 0 unspecified atom stereocenters. The highest BCUT2D eigenvalue weighted by molar-refractivity contribution is 6.03. The van der Waals surface area contributed by atoms with Crippen molar-refractivity contribution in [2.24, 2.45) is 0 Å². The van der Waals surface area contributed by atoms with E-state index in [2.05, 4.69) is 15.5 Å². The Labute approximate surface area is 98.1 Å². The van der Waals surface area contributed by atoms with E-state index in [1.54, 1.807) is 30.3 Å². The normalized spacial score (nSPS) is 9.65.